The molecule has 3 rings (SSSR count). The van der Waals surface area contributed by atoms with E-state index in [4.69, 9.17) is 0 Å². The molecule has 1 saturated heterocycles. The molecular formula is C20H31N3O2. The third kappa shape index (κ3) is 4.95. The Bertz CT molecular complexity index is 571. The van der Waals surface area contributed by atoms with Gasteiger partial charge < -0.3 is 20.2 Å². The lowest BCUT2D eigenvalue weighted by Gasteiger charge is -2.25. The third-order valence-electron chi connectivity index (χ3n) is 5.45. The van der Waals surface area contributed by atoms with Crippen molar-refractivity contribution in [3.63, 3.8) is 0 Å². The fourth-order valence-corrected chi connectivity index (χ4v) is 3.60. The molecule has 138 valence electrons. The molecule has 2 amide bonds. The quantitative estimate of drug-likeness (QED) is 0.798. The van der Waals surface area contributed by atoms with E-state index in [9.17, 15) is 9.90 Å². The highest BCUT2D eigenvalue weighted by atomic mass is 16.3. The number of carbonyl (C=O) groups excluding carboxylic acids is 1. The Kier molecular flexibility index (Phi) is 5.97. The topological polar surface area (TPSA) is 55.8 Å². The van der Waals surface area contributed by atoms with E-state index in [0.717, 1.165) is 30.3 Å². The molecule has 25 heavy (non-hydrogen) atoms. The molecule has 2 fully saturated rings. The van der Waals surface area contributed by atoms with Crippen LogP contribution in [0.1, 0.15) is 43.4 Å². The monoisotopic (exact) mass is 345 g/mol. The fourth-order valence-electron chi connectivity index (χ4n) is 3.60. The number of aliphatic hydroxyl groups is 1. The predicted octanol–water partition coefficient (Wildman–Crippen LogP) is 2.54. The van der Waals surface area contributed by atoms with E-state index in [0.29, 0.717) is 19.0 Å². The maximum Gasteiger partial charge on any atom is 0.317 e. The second-order valence-corrected chi connectivity index (χ2v) is 7.53. The van der Waals surface area contributed by atoms with Gasteiger partial charge in [0.15, 0.2) is 0 Å². The van der Waals surface area contributed by atoms with Crippen molar-refractivity contribution in [3.8, 4) is 0 Å². The lowest BCUT2D eigenvalue weighted by molar-refractivity contribution is 0.123. The summed E-state index contributed by atoms with van der Waals surface area (Å²) in [6.45, 7) is 7.91. The van der Waals surface area contributed by atoms with Gasteiger partial charge >= 0.3 is 6.03 Å². The Morgan fingerprint density at radius 2 is 2.04 bits per heavy atom. The number of rotatable bonds is 7. The second-order valence-electron chi connectivity index (χ2n) is 7.53. The average molecular weight is 345 g/mol. The molecule has 0 aromatic heterocycles. The molecular weight excluding hydrogens is 314 g/mol. The summed E-state index contributed by atoms with van der Waals surface area (Å²) in [4.78, 5) is 16.7. The summed E-state index contributed by atoms with van der Waals surface area (Å²) < 4.78 is 0. The zero-order chi connectivity index (χ0) is 17.8. The number of benzene rings is 1. The number of amides is 2. The summed E-state index contributed by atoms with van der Waals surface area (Å²) >= 11 is 0. The van der Waals surface area contributed by atoms with E-state index in [1.165, 1.54) is 25.8 Å². The van der Waals surface area contributed by atoms with Crippen LogP contribution in [0.25, 0.3) is 0 Å². The first-order chi connectivity index (χ1) is 12.1. The van der Waals surface area contributed by atoms with Gasteiger partial charge in [0.1, 0.15) is 0 Å². The first-order valence-electron chi connectivity index (χ1n) is 9.58. The van der Waals surface area contributed by atoms with Crippen molar-refractivity contribution in [2.24, 2.45) is 5.92 Å². The van der Waals surface area contributed by atoms with Gasteiger partial charge in [-0.25, -0.2) is 4.79 Å². The molecule has 0 bridgehead atoms. The molecule has 1 aliphatic carbocycles. The van der Waals surface area contributed by atoms with E-state index in [-0.39, 0.29) is 6.03 Å². The minimum Gasteiger partial charge on any atom is -0.387 e. The van der Waals surface area contributed by atoms with Crippen LogP contribution in [-0.2, 0) is 0 Å². The van der Waals surface area contributed by atoms with Crippen molar-refractivity contribution in [3.05, 3.63) is 35.4 Å². The van der Waals surface area contributed by atoms with Crippen molar-refractivity contribution in [2.75, 3.05) is 32.7 Å². The zero-order valence-electron chi connectivity index (χ0n) is 15.4. The summed E-state index contributed by atoms with van der Waals surface area (Å²) in [5.74, 6) is 0.560. The first-order valence-corrected chi connectivity index (χ1v) is 9.58. The van der Waals surface area contributed by atoms with Crippen molar-refractivity contribution in [2.45, 2.75) is 45.3 Å². The lowest BCUT2D eigenvalue weighted by atomic mass is 10.1. The number of hydrogen-bond acceptors (Lipinski definition) is 3. The van der Waals surface area contributed by atoms with E-state index in [1.807, 2.05) is 38.1 Å². The van der Waals surface area contributed by atoms with E-state index in [2.05, 4.69) is 10.2 Å². The first kappa shape index (κ1) is 18.2. The number of nitrogens with one attached hydrogen (secondary N) is 1. The largest absolute Gasteiger partial charge is 0.387 e. The zero-order valence-corrected chi connectivity index (χ0v) is 15.4. The van der Waals surface area contributed by atoms with Crippen LogP contribution in [0, 0.1) is 12.8 Å². The molecule has 2 aliphatic rings. The van der Waals surface area contributed by atoms with Gasteiger partial charge in [0.2, 0.25) is 0 Å². The molecule has 2 unspecified atom stereocenters. The average Bonchev–Trinajstić information content (AvgIpc) is 3.36. The SMILES string of the molecule is CCN(CC(O)c1ccc(C)cc1)C(=O)NCC1CCN(C2CC2)C1. The maximum absolute atomic E-state index is 12.5. The van der Waals surface area contributed by atoms with Crippen LogP contribution in [-0.4, -0.2) is 59.7 Å². The Morgan fingerprint density at radius 1 is 1.32 bits per heavy atom. The summed E-state index contributed by atoms with van der Waals surface area (Å²) in [6.07, 6.45) is 3.22. The number of likely N-dealkylation sites (tertiary alicyclic amines) is 1. The van der Waals surface area contributed by atoms with Gasteiger partial charge in [-0.1, -0.05) is 29.8 Å². The Balaban J connectivity index is 1.45. The minimum absolute atomic E-state index is 0.0708. The Hall–Kier alpha value is -1.59. The molecule has 2 N–H and O–H groups in total. The van der Waals surface area contributed by atoms with Crippen molar-refractivity contribution in [1.29, 1.82) is 0 Å². The molecule has 1 heterocycles. The van der Waals surface area contributed by atoms with E-state index in [1.54, 1.807) is 4.90 Å². The highest BCUT2D eigenvalue weighted by Gasteiger charge is 2.34. The Morgan fingerprint density at radius 3 is 2.68 bits per heavy atom. The predicted molar refractivity (Wildman–Crippen MR) is 99.5 cm³/mol. The molecule has 0 radical (unpaired) electrons. The van der Waals surface area contributed by atoms with Gasteiger partial charge in [-0.15, -0.1) is 0 Å². The van der Waals surface area contributed by atoms with Gasteiger partial charge in [0, 0.05) is 25.7 Å². The van der Waals surface area contributed by atoms with Crippen molar-refractivity contribution >= 4 is 6.03 Å². The standard InChI is InChI=1S/C20H31N3O2/c1-3-22(14-19(24)17-6-4-15(2)5-7-17)20(25)21-12-16-10-11-23(13-16)18-8-9-18/h4-7,16,18-19,24H,3,8-14H2,1-2H3,(H,21,25). The number of aliphatic hydroxyl groups excluding tert-OH is 1. The van der Waals surface area contributed by atoms with Crippen LogP contribution >= 0.6 is 0 Å². The molecule has 0 spiro atoms. The van der Waals surface area contributed by atoms with Gasteiger partial charge in [-0.2, -0.15) is 0 Å². The van der Waals surface area contributed by atoms with E-state index < -0.39 is 6.10 Å². The van der Waals surface area contributed by atoms with Crippen LogP contribution < -0.4 is 5.32 Å². The van der Waals surface area contributed by atoms with Crippen LogP contribution in [0.5, 0.6) is 0 Å². The molecule has 5 nitrogen and oxygen atoms in total. The molecule has 1 aliphatic heterocycles. The third-order valence-corrected chi connectivity index (χ3v) is 5.45. The summed E-state index contributed by atoms with van der Waals surface area (Å²) in [5, 5.41) is 13.5. The lowest BCUT2D eigenvalue weighted by Crippen LogP contribution is -2.43. The summed E-state index contributed by atoms with van der Waals surface area (Å²) in [7, 11) is 0. The number of aryl methyl sites for hydroxylation is 1. The van der Waals surface area contributed by atoms with Crippen molar-refractivity contribution < 1.29 is 9.90 Å². The number of carbonyl (C=O) groups is 1. The van der Waals surface area contributed by atoms with Gasteiger partial charge in [-0.3, -0.25) is 0 Å². The van der Waals surface area contributed by atoms with Gasteiger partial charge in [0.05, 0.1) is 12.6 Å². The van der Waals surface area contributed by atoms with Crippen LogP contribution in [0.3, 0.4) is 0 Å². The van der Waals surface area contributed by atoms with Gasteiger partial charge in [-0.05, 0) is 51.1 Å². The molecule has 5 heteroatoms. The Labute approximate surface area is 151 Å². The second kappa shape index (κ2) is 8.19. The van der Waals surface area contributed by atoms with Crippen LogP contribution in [0.4, 0.5) is 4.79 Å². The molecule has 1 saturated carbocycles. The van der Waals surface area contributed by atoms with Crippen LogP contribution in [0.15, 0.2) is 24.3 Å². The fraction of sp³-hybridized carbons (Fsp3) is 0.650. The highest BCUT2D eigenvalue weighted by molar-refractivity contribution is 5.74. The van der Waals surface area contributed by atoms with Crippen molar-refractivity contribution in [1.82, 2.24) is 15.1 Å². The molecule has 1 aromatic rings. The molecule has 1 aromatic carbocycles. The highest BCUT2D eigenvalue weighted by Crippen LogP contribution is 2.31. The minimum atomic E-state index is -0.650. The number of likely N-dealkylation sites (N-methyl/N-ethyl adjacent to an activating group) is 1. The smallest absolute Gasteiger partial charge is 0.317 e. The number of nitrogens with zero attached hydrogens (tertiary/aromatic N) is 2. The number of hydrogen-bond donors (Lipinski definition) is 2. The summed E-state index contributed by atoms with van der Waals surface area (Å²) in [5.41, 5.74) is 2.02. The number of urea groups is 1. The molecule has 2 atom stereocenters. The van der Waals surface area contributed by atoms with Crippen LogP contribution in [0.2, 0.25) is 0 Å². The summed E-state index contributed by atoms with van der Waals surface area (Å²) in [6, 6.07) is 8.57. The van der Waals surface area contributed by atoms with Gasteiger partial charge in [0.25, 0.3) is 0 Å². The maximum atomic E-state index is 12.5. The van der Waals surface area contributed by atoms with E-state index >= 15 is 0 Å². The normalized spacial score (nSPS) is 22.0.